The lowest BCUT2D eigenvalue weighted by molar-refractivity contribution is 0.0142. The second-order valence-corrected chi connectivity index (χ2v) is 6.66. The molecule has 1 aliphatic carbocycles. The first kappa shape index (κ1) is 16.2. The van der Waals surface area contributed by atoms with E-state index in [9.17, 15) is 5.11 Å². The fourth-order valence-electron chi connectivity index (χ4n) is 3.88. The summed E-state index contributed by atoms with van der Waals surface area (Å²) in [5.74, 6) is 1.31. The van der Waals surface area contributed by atoms with E-state index < -0.39 is 0 Å². The van der Waals surface area contributed by atoms with Gasteiger partial charge in [0.1, 0.15) is 0 Å². The van der Waals surface area contributed by atoms with Crippen molar-refractivity contribution < 1.29 is 10.2 Å². The molecule has 0 radical (unpaired) electrons. The lowest BCUT2D eigenvalue weighted by atomic mass is 9.77. The van der Waals surface area contributed by atoms with Gasteiger partial charge in [0.25, 0.3) is 0 Å². The average Bonchev–Trinajstić information content (AvgIpc) is 2.45. The molecule has 0 bridgehead atoms. The van der Waals surface area contributed by atoms with Crippen LogP contribution in [0.4, 0.5) is 0 Å². The van der Waals surface area contributed by atoms with Crippen molar-refractivity contribution in [3.05, 3.63) is 0 Å². The van der Waals surface area contributed by atoms with Crippen molar-refractivity contribution in [2.45, 2.75) is 45.1 Å². The molecule has 118 valence electrons. The Kier molecular flexibility index (Phi) is 6.75. The maximum atomic E-state index is 10.3. The standard InChI is InChI=1S/C16H32N2O2/c1-2-3-14-4-5-16(20)15(12-14)13-18-8-6-17(7-9-18)10-11-19/h14-16,19-20H,2-13H2,1H3. The Bertz CT molecular complexity index is 267. The summed E-state index contributed by atoms with van der Waals surface area (Å²) in [6.07, 6.45) is 5.95. The summed E-state index contributed by atoms with van der Waals surface area (Å²) in [7, 11) is 0. The van der Waals surface area contributed by atoms with Crippen LogP contribution < -0.4 is 0 Å². The molecule has 0 aromatic rings. The van der Waals surface area contributed by atoms with E-state index in [-0.39, 0.29) is 12.7 Å². The van der Waals surface area contributed by atoms with Crippen molar-refractivity contribution in [1.29, 1.82) is 0 Å². The van der Waals surface area contributed by atoms with E-state index in [2.05, 4.69) is 16.7 Å². The van der Waals surface area contributed by atoms with Crippen molar-refractivity contribution in [3.63, 3.8) is 0 Å². The zero-order valence-electron chi connectivity index (χ0n) is 13.0. The van der Waals surface area contributed by atoms with Crippen LogP contribution in [0.2, 0.25) is 0 Å². The Balaban J connectivity index is 1.74. The van der Waals surface area contributed by atoms with Gasteiger partial charge in [0.05, 0.1) is 12.7 Å². The maximum absolute atomic E-state index is 10.3. The van der Waals surface area contributed by atoms with Crippen molar-refractivity contribution in [1.82, 2.24) is 9.80 Å². The van der Waals surface area contributed by atoms with Crippen LogP contribution in [0.25, 0.3) is 0 Å². The first-order valence-electron chi connectivity index (χ1n) is 8.46. The molecule has 1 saturated heterocycles. The van der Waals surface area contributed by atoms with Crippen LogP contribution in [0.5, 0.6) is 0 Å². The Hall–Kier alpha value is -0.160. The molecule has 3 atom stereocenters. The normalized spacial score (nSPS) is 33.5. The van der Waals surface area contributed by atoms with Gasteiger partial charge in [0.15, 0.2) is 0 Å². The third-order valence-electron chi connectivity index (χ3n) is 5.12. The summed E-state index contributed by atoms with van der Waals surface area (Å²) in [4.78, 5) is 4.84. The molecule has 0 spiro atoms. The number of hydrogen-bond donors (Lipinski definition) is 2. The second-order valence-electron chi connectivity index (χ2n) is 6.66. The van der Waals surface area contributed by atoms with E-state index in [1.54, 1.807) is 0 Å². The fourth-order valence-corrected chi connectivity index (χ4v) is 3.88. The Morgan fingerprint density at radius 2 is 1.75 bits per heavy atom. The largest absolute Gasteiger partial charge is 0.395 e. The zero-order valence-corrected chi connectivity index (χ0v) is 13.0. The van der Waals surface area contributed by atoms with Gasteiger partial charge in [-0.3, -0.25) is 4.90 Å². The van der Waals surface area contributed by atoms with Gasteiger partial charge < -0.3 is 15.1 Å². The molecule has 4 nitrogen and oxygen atoms in total. The SMILES string of the molecule is CCCC1CCC(O)C(CN2CCN(CCO)CC2)C1. The van der Waals surface area contributed by atoms with Gasteiger partial charge in [-0.1, -0.05) is 19.8 Å². The highest BCUT2D eigenvalue weighted by Crippen LogP contribution is 2.32. The van der Waals surface area contributed by atoms with E-state index in [0.717, 1.165) is 51.6 Å². The zero-order chi connectivity index (χ0) is 14.4. The molecule has 2 fully saturated rings. The molecule has 3 unspecified atom stereocenters. The molecule has 0 aromatic heterocycles. The number of hydrogen-bond acceptors (Lipinski definition) is 4. The molecule has 0 aromatic carbocycles. The molecular formula is C16H32N2O2. The van der Waals surface area contributed by atoms with Gasteiger partial charge in [-0.05, 0) is 31.1 Å². The quantitative estimate of drug-likeness (QED) is 0.769. The number of aliphatic hydroxyl groups excluding tert-OH is 2. The summed E-state index contributed by atoms with van der Waals surface area (Å²) < 4.78 is 0. The number of aliphatic hydroxyl groups is 2. The molecule has 20 heavy (non-hydrogen) atoms. The summed E-state index contributed by atoms with van der Waals surface area (Å²) in [6, 6.07) is 0. The third-order valence-corrected chi connectivity index (χ3v) is 5.12. The second kappa shape index (κ2) is 8.32. The molecule has 2 rings (SSSR count). The molecule has 2 N–H and O–H groups in total. The van der Waals surface area contributed by atoms with Crippen LogP contribution in [0.1, 0.15) is 39.0 Å². The third kappa shape index (κ3) is 4.69. The van der Waals surface area contributed by atoms with Crippen LogP contribution in [0.15, 0.2) is 0 Å². The van der Waals surface area contributed by atoms with Gasteiger partial charge >= 0.3 is 0 Å². The summed E-state index contributed by atoms with van der Waals surface area (Å²) in [5.41, 5.74) is 0. The Labute approximate surface area is 123 Å². The first-order chi connectivity index (χ1) is 9.72. The van der Waals surface area contributed by atoms with Crippen LogP contribution in [-0.2, 0) is 0 Å². The minimum atomic E-state index is -0.0847. The van der Waals surface area contributed by atoms with Crippen LogP contribution in [-0.4, -0.2) is 72.0 Å². The fraction of sp³-hybridized carbons (Fsp3) is 1.00. The van der Waals surface area contributed by atoms with Crippen LogP contribution in [0, 0.1) is 11.8 Å². The number of β-amino-alcohol motifs (C(OH)–C–C–N with tert-alkyl or cyclic N) is 1. The average molecular weight is 284 g/mol. The van der Waals surface area contributed by atoms with E-state index in [1.807, 2.05) is 0 Å². The molecule has 2 aliphatic rings. The van der Waals surface area contributed by atoms with Gasteiger partial charge in [0.2, 0.25) is 0 Å². The van der Waals surface area contributed by atoms with Crippen molar-refractivity contribution in [2.24, 2.45) is 11.8 Å². The molecule has 1 saturated carbocycles. The predicted molar refractivity (Wildman–Crippen MR) is 81.7 cm³/mol. The van der Waals surface area contributed by atoms with Crippen LogP contribution >= 0.6 is 0 Å². The summed E-state index contributed by atoms with van der Waals surface area (Å²) in [5, 5.41) is 19.2. The van der Waals surface area contributed by atoms with Gasteiger partial charge in [-0.2, -0.15) is 0 Å². The molecular weight excluding hydrogens is 252 g/mol. The van der Waals surface area contributed by atoms with Crippen molar-refractivity contribution in [2.75, 3.05) is 45.9 Å². The first-order valence-corrected chi connectivity index (χ1v) is 8.46. The van der Waals surface area contributed by atoms with E-state index >= 15 is 0 Å². The van der Waals surface area contributed by atoms with Gasteiger partial charge in [-0.25, -0.2) is 0 Å². The summed E-state index contributed by atoms with van der Waals surface area (Å²) in [6.45, 7) is 8.68. The van der Waals surface area contributed by atoms with Crippen LogP contribution in [0.3, 0.4) is 0 Å². The maximum Gasteiger partial charge on any atom is 0.0580 e. The minimum absolute atomic E-state index is 0.0847. The lowest BCUT2D eigenvalue weighted by Gasteiger charge is -2.40. The van der Waals surface area contributed by atoms with E-state index in [0.29, 0.717) is 5.92 Å². The van der Waals surface area contributed by atoms with Crippen molar-refractivity contribution >= 4 is 0 Å². The Morgan fingerprint density at radius 1 is 1.05 bits per heavy atom. The Morgan fingerprint density at radius 3 is 2.40 bits per heavy atom. The minimum Gasteiger partial charge on any atom is -0.395 e. The molecule has 4 heteroatoms. The van der Waals surface area contributed by atoms with Gasteiger partial charge in [-0.15, -0.1) is 0 Å². The highest BCUT2D eigenvalue weighted by molar-refractivity contribution is 4.83. The smallest absolute Gasteiger partial charge is 0.0580 e. The monoisotopic (exact) mass is 284 g/mol. The van der Waals surface area contributed by atoms with Gasteiger partial charge in [0, 0.05) is 39.3 Å². The highest BCUT2D eigenvalue weighted by atomic mass is 16.3. The lowest BCUT2D eigenvalue weighted by Crippen LogP contribution is -2.50. The highest BCUT2D eigenvalue weighted by Gasteiger charge is 2.30. The number of rotatable bonds is 6. The van der Waals surface area contributed by atoms with E-state index in [4.69, 9.17) is 5.11 Å². The molecule has 1 aliphatic heterocycles. The molecule has 1 heterocycles. The predicted octanol–water partition coefficient (Wildman–Crippen LogP) is 1.17. The number of piperazine rings is 1. The summed E-state index contributed by atoms with van der Waals surface area (Å²) >= 11 is 0. The van der Waals surface area contributed by atoms with Crippen molar-refractivity contribution in [3.8, 4) is 0 Å². The topological polar surface area (TPSA) is 46.9 Å². The number of nitrogens with zero attached hydrogens (tertiary/aromatic N) is 2. The molecule has 0 amide bonds. The van der Waals surface area contributed by atoms with E-state index in [1.165, 1.54) is 25.7 Å².